The van der Waals surface area contributed by atoms with Gasteiger partial charge in [0.1, 0.15) is 5.75 Å². The van der Waals surface area contributed by atoms with E-state index in [4.69, 9.17) is 27.9 Å². The van der Waals surface area contributed by atoms with Crippen LogP contribution in [0.3, 0.4) is 0 Å². The van der Waals surface area contributed by atoms with Crippen molar-refractivity contribution in [2.24, 2.45) is 0 Å². The van der Waals surface area contributed by atoms with Crippen LogP contribution in [0.15, 0.2) is 18.2 Å². The first-order chi connectivity index (χ1) is 8.56. The van der Waals surface area contributed by atoms with Crippen LogP contribution in [-0.4, -0.2) is 18.6 Å². The maximum Gasteiger partial charge on any atom is 0.258 e. The zero-order chi connectivity index (χ0) is 13.5. The molecule has 0 aliphatic carbocycles. The lowest BCUT2D eigenvalue weighted by molar-refractivity contribution is -0.123. The van der Waals surface area contributed by atoms with E-state index in [2.05, 4.69) is 5.32 Å². The summed E-state index contributed by atoms with van der Waals surface area (Å²) in [7, 11) is 0. The monoisotopic (exact) mass is 289 g/mol. The van der Waals surface area contributed by atoms with Crippen molar-refractivity contribution in [3.63, 3.8) is 0 Å². The van der Waals surface area contributed by atoms with Crippen LogP contribution in [0, 0.1) is 0 Å². The highest BCUT2D eigenvalue weighted by Crippen LogP contribution is 2.27. The van der Waals surface area contributed by atoms with E-state index in [1.807, 2.05) is 13.8 Å². The summed E-state index contributed by atoms with van der Waals surface area (Å²) >= 11 is 11.7. The topological polar surface area (TPSA) is 38.3 Å². The Hall–Kier alpha value is -0.930. The minimum atomic E-state index is -0.153. The number of hydrogen-bond donors (Lipinski definition) is 1. The minimum Gasteiger partial charge on any atom is -0.482 e. The van der Waals surface area contributed by atoms with Crippen LogP contribution in [0.5, 0.6) is 5.75 Å². The van der Waals surface area contributed by atoms with Crippen molar-refractivity contribution in [3.05, 3.63) is 28.2 Å². The Labute approximate surface area is 117 Å². The Bertz CT molecular complexity index is 406. The number of carbonyl (C=O) groups excluding carboxylic acids is 1. The summed E-state index contributed by atoms with van der Waals surface area (Å²) in [5.74, 6) is 0.267. The predicted octanol–water partition coefficient (Wildman–Crippen LogP) is 3.68. The summed E-state index contributed by atoms with van der Waals surface area (Å²) in [6.45, 7) is 4.00. The van der Waals surface area contributed by atoms with Gasteiger partial charge in [0.05, 0.1) is 5.02 Å². The molecule has 1 aromatic carbocycles. The molecule has 0 radical (unpaired) electrons. The van der Waals surface area contributed by atoms with Crippen LogP contribution in [-0.2, 0) is 4.79 Å². The molecule has 0 aliphatic rings. The van der Waals surface area contributed by atoms with Crippen LogP contribution >= 0.6 is 23.2 Å². The number of rotatable bonds is 6. The second kappa shape index (κ2) is 7.49. The SMILES string of the molecule is CCC(CC)NC(=O)COc1cc(Cl)ccc1Cl. The number of nitrogens with one attached hydrogen (secondary N) is 1. The summed E-state index contributed by atoms with van der Waals surface area (Å²) in [4.78, 5) is 11.6. The normalized spacial score (nSPS) is 10.5. The average Bonchev–Trinajstić information content (AvgIpc) is 2.37. The van der Waals surface area contributed by atoms with Gasteiger partial charge in [-0.2, -0.15) is 0 Å². The first-order valence-electron chi connectivity index (χ1n) is 5.94. The standard InChI is InChI=1S/C13H17Cl2NO2/c1-3-10(4-2)16-13(17)8-18-12-7-9(14)5-6-11(12)15/h5-7,10H,3-4,8H2,1-2H3,(H,16,17). The quantitative estimate of drug-likeness (QED) is 0.868. The fourth-order valence-corrected chi connectivity index (χ4v) is 1.83. The molecule has 0 bridgehead atoms. The third-order valence-electron chi connectivity index (χ3n) is 2.60. The van der Waals surface area contributed by atoms with Gasteiger partial charge in [0.2, 0.25) is 0 Å². The summed E-state index contributed by atoms with van der Waals surface area (Å²) in [6.07, 6.45) is 1.81. The molecule has 0 saturated heterocycles. The zero-order valence-electron chi connectivity index (χ0n) is 10.5. The van der Waals surface area contributed by atoms with Gasteiger partial charge in [0, 0.05) is 17.1 Å². The van der Waals surface area contributed by atoms with E-state index in [-0.39, 0.29) is 18.6 Å². The van der Waals surface area contributed by atoms with Gasteiger partial charge in [-0.25, -0.2) is 0 Å². The first kappa shape index (κ1) is 15.1. The molecule has 1 rings (SSSR count). The fourth-order valence-electron chi connectivity index (χ4n) is 1.49. The van der Waals surface area contributed by atoms with Crippen molar-refractivity contribution in [1.29, 1.82) is 0 Å². The molecule has 0 aliphatic heterocycles. The van der Waals surface area contributed by atoms with Gasteiger partial charge in [-0.15, -0.1) is 0 Å². The van der Waals surface area contributed by atoms with Crippen molar-refractivity contribution in [1.82, 2.24) is 5.32 Å². The molecule has 1 N–H and O–H groups in total. The minimum absolute atomic E-state index is 0.0590. The molecule has 0 aromatic heterocycles. The molecule has 0 heterocycles. The predicted molar refractivity (Wildman–Crippen MR) is 74.5 cm³/mol. The highest BCUT2D eigenvalue weighted by Gasteiger charge is 2.10. The Balaban J connectivity index is 2.49. The Morgan fingerprint density at radius 3 is 2.61 bits per heavy atom. The van der Waals surface area contributed by atoms with Crippen LogP contribution in [0.1, 0.15) is 26.7 Å². The third-order valence-corrected chi connectivity index (χ3v) is 3.15. The third kappa shape index (κ3) is 4.75. The van der Waals surface area contributed by atoms with E-state index in [0.29, 0.717) is 15.8 Å². The molecular formula is C13H17Cl2NO2. The maximum atomic E-state index is 11.6. The molecule has 0 spiro atoms. The molecular weight excluding hydrogens is 273 g/mol. The van der Waals surface area contributed by atoms with Crippen molar-refractivity contribution >= 4 is 29.1 Å². The maximum absolute atomic E-state index is 11.6. The van der Waals surface area contributed by atoms with Gasteiger partial charge >= 0.3 is 0 Å². The average molecular weight is 290 g/mol. The fraction of sp³-hybridized carbons (Fsp3) is 0.462. The smallest absolute Gasteiger partial charge is 0.258 e. The number of amides is 1. The molecule has 18 heavy (non-hydrogen) atoms. The molecule has 0 unspecified atom stereocenters. The summed E-state index contributed by atoms with van der Waals surface area (Å²) in [5, 5.41) is 3.84. The van der Waals surface area contributed by atoms with Crippen molar-refractivity contribution in [3.8, 4) is 5.75 Å². The van der Waals surface area contributed by atoms with Gasteiger partial charge in [-0.3, -0.25) is 4.79 Å². The molecule has 5 heteroatoms. The van der Waals surface area contributed by atoms with E-state index in [1.54, 1.807) is 18.2 Å². The van der Waals surface area contributed by atoms with E-state index >= 15 is 0 Å². The van der Waals surface area contributed by atoms with Crippen molar-refractivity contribution < 1.29 is 9.53 Å². The number of ether oxygens (including phenoxy) is 1. The van der Waals surface area contributed by atoms with Gasteiger partial charge in [-0.05, 0) is 25.0 Å². The van der Waals surface area contributed by atoms with E-state index in [0.717, 1.165) is 12.8 Å². The van der Waals surface area contributed by atoms with Crippen molar-refractivity contribution in [2.45, 2.75) is 32.7 Å². The molecule has 1 aromatic rings. The number of halogens is 2. The molecule has 3 nitrogen and oxygen atoms in total. The second-order valence-corrected chi connectivity index (χ2v) is 4.79. The lowest BCUT2D eigenvalue weighted by Crippen LogP contribution is -2.37. The molecule has 0 saturated carbocycles. The van der Waals surface area contributed by atoms with Crippen LogP contribution in [0.25, 0.3) is 0 Å². The lowest BCUT2D eigenvalue weighted by Gasteiger charge is -2.15. The summed E-state index contributed by atoms with van der Waals surface area (Å²) < 4.78 is 5.34. The van der Waals surface area contributed by atoms with Crippen LogP contribution < -0.4 is 10.1 Å². The highest BCUT2D eigenvalue weighted by molar-refractivity contribution is 6.34. The summed E-state index contributed by atoms with van der Waals surface area (Å²) in [5.41, 5.74) is 0. The summed E-state index contributed by atoms with van der Waals surface area (Å²) in [6, 6.07) is 5.09. The second-order valence-electron chi connectivity index (χ2n) is 3.94. The van der Waals surface area contributed by atoms with Gasteiger partial charge in [0.15, 0.2) is 6.61 Å². The Kier molecular flexibility index (Phi) is 6.30. The van der Waals surface area contributed by atoms with Crippen LogP contribution in [0.4, 0.5) is 0 Å². The zero-order valence-corrected chi connectivity index (χ0v) is 12.0. The van der Waals surface area contributed by atoms with Gasteiger partial charge < -0.3 is 10.1 Å². The number of hydrogen-bond acceptors (Lipinski definition) is 2. The largest absolute Gasteiger partial charge is 0.482 e. The van der Waals surface area contributed by atoms with Crippen molar-refractivity contribution in [2.75, 3.05) is 6.61 Å². The van der Waals surface area contributed by atoms with Gasteiger partial charge in [0.25, 0.3) is 5.91 Å². The highest BCUT2D eigenvalue weighted by atomic mass is 35.5. The molecule has 1 amide bonds. The molecule has 0 fully saturated rings. The van der Waals surface area contributed by atoms with E-state index < -0.39 is 0 Å². The van der Waals surface area contributed by atoms with Gasteiger partial charge in [-0.1, -0.05) is 37.0 Å². The first-order valence-corrected chi connectivity index (χ1v) is 6.69. The van der Waals surface area contributed by atoms with E-state index in [9.17, 15) is 4.79 Å². The lowest BCUT2D eigenvalue weighted by atomic mass is 10.2. The number of carbonyl (C=O) groups is 1. The van der Waals surface area contributed by atoms with E-state index in [1.165, 1.54) is 0 Å². The van der Waals surface area contributed by atoms with Crippen LogP contribution in [0.2, 0.25) is 10.0 Å². The number of benzene rings is 1. The Morgan fingerprint density at radius 1 is 1.33 bits per heavy atom. The molecule has 0 atom stereocenters. The molecule has 100 valence electrons. The Morgan fingerprint density at radius 2 is 2.00 bits per heavy atom.